The molecule has 0 spiro atoms. The molecule has 2 rings (SSSR count). The summed E-state index contributed by atoms with van der Waals surface area (Å²) >= 11 is 0. The molecule has 0 unspecified atom stereocenters. The fraction of sp³-hybridized carbons (Fsp3) is 0.188. The zero-order valence-electron chi connectivity index (χ0n) is 11.6. The van der Waals surface area contributed by atoms with Crippen LogP contribution in [-0.4, -0.2) is 17.5 Å². The molecule has 1 aliphatic rings. The van der Waals surface area contributed by atoms with E-state index in [1.807, 2.05) is 19.1 Å². The average molecular weight is 269 g/mol. The minimum Gasteiger partial charge on any atom is -0.312 e. The first-order valence-corrected chi connectivity index (χ1v) is 6.24. The van der Waals surface area contributed by atoms with E-state index < -0.39 is 5.97 Å². The number of benzene rings is 1. The normalized spacial score (nSPS) is 16.8. The van der Waals surface area contributed by atoms with Crippen molar-refractivity contribution in [2.75, 3.05) is 0 Å². The summed E-state index contributed by atoms with van der Waals surface area (Å²) in [6, 6.07) is 7.04. The molecule has 0 radical (unpaired) electrons. The van der Waals surface area contributed by atoms with Crippen molar-refractivity contribution < 1.29 is 14.4 Å². The largest absolute Gasteiger partial charge is 0.365 e. The number of aryl methyl sites for hydroxylation is 1. The maximum atomic E-state index is 11.8. The molecule has 20 heavy (non-hydrogen) atoms. The van der Waals surface area contributed by atoms with Crippen molar-refractivity contribution in [1.82, 2.24) is 0 Å². The van der Waals surface area contributed by atoms with E-state index in [1.54, 1.807) is 32.1 Å². The highest BCUT2D eigenvalue weighted by atomic mass is 16.7. The molecule has 0 saturated heterocycles. The minimum absolute atomic E-state index is 0.0497. The molecule has 0 bridgehead atoms. The summed E-state index contributed by atoms with van der Waals surface area (Å²) in [6.07, 6.45) is 3.09. The Balaban J connectivity index is 2.13. The van der Waals surface area contributed by atoms with Crippen LogP contribution in [0.5, 0.6) is 0 Å². The SMILES string of the molecule is CC1=C/C(=N\OC(=O)c2ccc(C)cc2)C(C)=CC1=O. The van der Waals surface area contributed by atoms with Crippen molar-refractivity contribution in [2.24, 2.45) is 5.16 Å². The van der Waals surface area contributed by atoms with Crippen molar-refractivity contribution in [2.45, 2.75) is 20.8 Å². The fourth-order valence-electron chi connectivity index (χ4n) is 1.71. The molecule has 0 aliphatic heterocycles. The second-order valence-electron chi connectivity index (χ2n) is 4.74. The molecular formula is C16H15NO3. The predicted molar refractivity (Wildman–Crippen MR) is 76.6 cm³/mol. The Morgan fingerprint density at radius 1 is 1.00 bits per heavy atom. The molecule has 0 N–H and O–H groups in total. The van der Waals surface area contributed by atoms with Crippen LogP contribution < -0.4 is 0 Å². The van der Waals surface area contributed by atoms with Gasteiger partial charge in [0, 0.05) is 0 Å². The van der Waals surface area contributed by atoms with E-state index in [2.05, 4.69) is 5.16 Å². The van der Waals surface area contributed by atoms with Crippen LogP contribution in [-0.2, 0) is 9.63 Å². The van der Waals surface area contributed by atoms with Gasteiger partial charge in [-0.3, -0.25) is 4.79 Å². The molecule has 0 fully saturated rings. The van der Waals surface area contributed by atoms with E-state index in [-0.39, 0.29) is 5.78 Å². The number of nitrogens with zero attached hydrogens (tertiary/aromatic N) is 1. The molecular weight excluding hydrogens is 254 g/mol. The van der Waals surface area contributed by atoms with Crippen molar-refractivity contribution in [1.29, 1.82) is 0 Å². The number of carbonyl (C=O) groups is 2. The highest BCUT2D eigenvalue weighted by Crippen LogP contribution is 2.13. The quantitative estimate of drug-likeness (QED) is 0.471. The van der Waals surface area contributed by atoms with E-state index >= 15 is 0 Å². The van der Waals surface area contributed by atoms with Crippen molar-refractivity contribution >= 4 is 17.5 Å². The van der Waals surface area contributed by atoms with Crippen molar-refractivity contribution in [3.05, 3.63) is 58.7 Å². The van der Waals surface area contributed by atoms with Gasteiger partial charge in [-0.1, -0.05) is 22.9 Å². The third-order valence-electron chi connectivity index (χ3n) is 3.01. The standard InChI is InChI=1S/C16H15NO3/c1-10-4-6-13(7-5-10)16(19)20-17-14-8-12(3)15(18)9-11(14)2/h4-9H,1-3H3/b17-14+. The number of rotatable bonds is 2. The number of oxime groups is 1. The van der Waals surface area contributed by atoms with Gasteiger partial charge in [0.05, 0.1) is 5.56 Å². The molecule has 0 aromatic heterocycles. The summed E-state index contributed by atoms with van der Waals surface area (Å²) in [5, 5.41) is 3.82. The second-order valence-corrected chi connectivity index (χ2v) is 4.74. The van der Waals surface area contributed by atoms with Crippen molar-refractivity contribution in [3.63, 3.8) is 0 Å². The minimum atomic E-state index is -0.520. The highest BCUT2D eigenvalue weighted by Gasteiger charge is 2.14. The summed E-state index contributed by atoms with van der Waals surface area (Å²) in [5.41, 5.74) is 3.24. The molecule has 0 saturated carbocycles. The maximum Gasteiger partial charge on any atom is 0.365 e. The topological polar surface area (TPSA) is 55.7 Å². The van der Waals surface area contributed by atoms with E-state index in [0.717, 1.165) is 5.56 Å². The third-order valence-corrected chi connectivity index (χ3v) is 3.01. The highest BCUT2D eigenvalue weighted by molar-refractivity contribution is 6.21. The van der Waals surface area contributed by atoms with Gasteiger partial charge < -0.3 is 4.84 Å². The van der Waals surface area contributed by atoms with Crippen LogP contribution in [0.15, 0.2) is 52.7 Å². The van der Waals surface area contributed by atoms with Gasteiger partial charge in [-0.2, -0.15) is 0 Å². The van der Waals surface area contributed by atoms with Crippen LogP contribution in [0.25, 0.3) is 0 Å². The van der Waals surface area contributed by atoms with Gasteiger partial charge in [-0.15, -0.1) is 0 Å². The Morgan fingerprint density at radius 3 is 2.30 bits per heavy atom. The lowest BCUT2D eigenvalue weighted by Gasteiger charge is -2.08. The lowest BCUT2D eigenvalue weighted by Crippen LogP contribution is -2.11. The van der Waals surface area contributed by atoms with E-state index in [0.29, 0.717) is 22.4 Å². The Morgan fingerprint density at radius 2 is 1.65 bits per heavy atom. The van der Waals surface area contributed by atoms with Gasteiger partial charge in [-0.05, 0) is 56.2 Å². The fourth-order valence-corrected chi connectivity index (χ4v) is 1.71. The number of ketones is 1. The molecule has 0 heterocycles. The van der Waals surface area contributed by atoms with Crippen LogP contribution in [0, 0.1) is 6.92 Å². The van der Waals surface area contributed by atoms with Crippen LogP contribution in [0.1, 0.15) is 29.8 Å². The van der Waals surface area contributed by atoms with Gasteiger partial charge >= 0.3 is 5.97 Å². The number of allylic oxidation sites excluding steroid dienone is 4. The van der Waals surface area contributed by atoms with Crippen LogP contribution in [0.4, 0.5) is 0 Å². The van der Waals surface area contributed by atoms with Crippen LogP contribution in [0.2, 0.25) is 0 Å². The summed E-state index contributed by atoms with van der Waals surface area (Å²) < 4.78 is 0. The number of carbonyl (C=O) groups excluding carboxylic acids is 2. The van der Waals surface area contributed by atoms with Gasteiger partial charge in [-0.25, -0.2) is 4.79 Å². The molecule has 4 nitrogen and oxygen atoms in total. The predicted octanol–water partition coefficient (Wildman–Crippen LogP) is 2.98. The molecule has 1 aromatic carbocycles. The van der Waals surface area contributed by atoms with E-state index in [9.17, 15) is 9.59 Å². The molecule has 1 aromatic rings. The Labute approximate surface area is 117 Å². The van der Waals surface area contributed by atoms with Gasteiger partial charge in [0.2, 0.25) is 0 Å². The van der Waals surface area contributed by atoms with Gasteiger partial charge in [0.25, 0.3) is 0 Å². The number of hydrogen-bond acceptors (Lipinski definition) is 4. The molecule has 0 amide bonds. The van der Waals surface area contributed by atoms with Crippen LogP contribution in [0.3, 0.4) is 0 Å². The lowest BCUT2D eigenvalue weighted by molar-refractivity contribution is -0.111. The summed E-state index contributed by atoms with van der Waals surface area (Å²) in [4.78, 5) is 28.2. The summed E-state index contributed by atoms with van der Waals surface area (Å²) in [7, 11) is 0. The molecule has 1 aliphatic carbocycles. The Hall–Kier alpha value is -2.49. The molecule has 4 heteroatoms. The van der Waals surface area contributed by atoms with Crippen LogP contribution >= 0.6 is 0 Å². The summed E-state index contributed by atoms with van der Waals surface area (Å²) in [6.45, 7) is 5.39. The zero-order valence-corrected chi connectivity index (χ0v) is 11.6. The van der Waals surface area contributed by atoms with E-state index in [1.165, 1.54) is 6.08 Å². The van der Waals surface area contributed by atoms with E-state index in [4.69, 9.17) is 4.84 Å². The first-order chi connectivity index (χ1) is 9.47. The van der Waals surface area contributed by atoms with Gasteiger partial charge in [0.1, 0.15) is 5.71 Å². The number of hydrogen-bond donors (Lipinski definition) is 0. The maximum absolute atomic E-state index is 11.8. The average Bonchev–Trinajstić information content (AvgIpc) is 2.42. The summed E-state index contributed by atoms with van der Waals surface area (Å²) in [5.74, 6) is -0.570. The smallest absolute Gasteiger partial charge is 0.312 e. The Kier molecular flexibility index (Phi) is 3.94. The zero-order chi connectivity index (χ0) is 14.7. The monoisotopic (exact) mass is 269 g/mol. The lowest BCUT2D eigenvalue weighted by atomic mass is 9.99. The molecule has 102 valence electrons. The molecule has 0 atom stereocenters. The third kappa shape index (κ3) is 3.09. The Bertz CT molecular complexity index is 649. The van der Waals surface area contributed by atoms with Gasteiger partial charge in [0.15, 0.2) is 5.78 Å². The second kappa shape index (κ2) is 5.65. The first-order valence-electron chi connectivity index (χ1n) is 6.24. The first kappa shape index (κ1) is 13.9. The van der Waals surface area contributed by atoms with Crippen molar-refractivity contribution in [3.8, 4) is 0 Å².